The predicted octanol–water partition coefficient (Wildman–Crippen LogP) is 1.71. The first-order chi connectivity index (χ1) is 9.58. The SMILES string of the molecule is CC(N)C1CCN(CC(=O)N(C)c2ccccc2)CC1. The van der Waals surface area contributed by atoms with Crippen molar-refractivity contribution < 1.29 is 4.79 Å². The zero-order valence-corrected chi connectivity index (χ0v) is 12.5. The summed E-state index contributed by atoms with van der Waals surface area (Å²) in [5.74, 6) is 0.753. The highest BCUT2D eigenvalue weighted by Gasteiger charge is 2.24. The minimum atomic E-state index is 0.149. The highest BCUT2D eigenvalue weighted by Crippen LogP contribution is 2.20. The molecule has 20 heavy (non-hydrogen) atoms. The number of likely N-dealkylation sites (N-methyl/N-ethyl adjacent to an activating group) is 1. The predicted molar refractivity (Wildman–Crippen MR) is 82.7 cm³/mol. The molecule has 2 rings (SSSR count). The van der Waals surface area contributed by atoms with Crippen molar-refractivity contribution in [3.63, 3.8) is 0 Å². The first-order valence-corrected chi connectivity index (χ1v) is 7.37. The van der Waals surface area contributed by atoms with Gasteiger partial charge < -0.3 is 10.6 Å². The number of anilines is 1. The number of amides is 1. The second kappa shape index (κ2) is 6.86. The molecule has 1 saturated heterocycles. The normalized spacial score (nSPS) is 18.8. The lowest BCUT2D eigenvalue weighted by molar-refractivity contribution is -0.119. The molecule has 0 saturated carbocycles. The Morgan fingerprint density at radius 3 is 2.50 bits per heavy atom. The number of carbonyl (C=O) groups is 1. The summed E-state index contributed by atoms with van der Waals surface area (Å²) in [7, 11) is 1.84. The van der Waals surface area contributed by atoms with Crippen LogP contribution in [0.5, 0.6) is 0 Å². The quantitative estimate of drug-likeness (QED) is 0.910. The van der Waals surface area contributed by atoms with Crippen molar-refractivity contribution in [2.45, 2.75) is 25.8 Å². The Labute approximate surface area is 121 Å². The molecule has 1 fully saturated rings. The van der Waals surface area contributed by atoms with E-state index >= 15 is 0 Å². The van der Waals surface area contributed by atoms with E-state index in [1.165, 1.54) is 0 Å². The molecule has 1 aromatic carbocycles. The maximum Gasteiger partial charge on any atom is 0.240 e. The molecule has 1 amide bonds. The van der Waals surface area contributed by atoms with Crippen molar-refractivity contribution in [1.82, 2.24) is 4.90 Å². The fourth-order valence-electron chi connectivity index (χ4n) is 2.73. The van der Waals surface area contributed by atoms with Crippen LogP contribution in [0.1, 0.15) is 19.8 Å². The third-order valence-electron chi connectivity index (χ3n) is 4.25. The van der Waals surface area contributed by atoms with Gasteiger partial charge in [-0.05, 0) is 50.9 Å². The number of rotatable bonds is 4. The van der Waals surface area contributed by atoms with Crippen LogP contribution >= 0.6 is 0 Å². The Morgan fingerprint density at radius 2 is 1.95 bits per heavy atom. The van der Waals surface area contributed by atoms with Crippen LogP contribution in [-0.2, 0) is 4.79 Å². The molecule has 1 aromatic rings. The van der Waals surface area contributed by atoms with E-state index in [2.05, 4.69) is 11.8 Å². The molecule has 0 spiro atoms. The van der Waals surface area contributed by atoms with Gasteiger partial charge >= 0.3 is 0 Å². The highest BCUT2D eigenvalue weighted by molar-refractivity contribution is 5.94. The van der Waals surface area contributed by atoms with Crippen molar-refractivity contribution >= 4 is 11.6 Å². The van der Waals surface area contributed by atoms with Crippen molar-refractivity contribution in [3.8, 4) is 0 Å². The van der Waals surface area contributed by atoms with Gasteiger partial charge in [-0.3, -0.25) is 9.69 Å². The van der Waals surface area contributed by atoms with Gasteiger partial charge in [0, 0.05) is 18.8 Å². The highest BCUT2D eigenvalue weighted by atomic mass is 16.2. The number of para-hydroxylation sites is 1. The number of piperidine rings is 1. The van der Waals surface area contributed by atoms with Crippen molar-refractivity contribution in [1.29, 1.82) is 0 Å². The van der Waals surface area contributed by atoms with Crippen LogP contribution in [0.25, 0.3) is 0 Å². The molecule has 2 N–H and O–H groups in total. The summed E-state index contributed by atoms with van der Waals surface area (Å²) < 4.78 is 0. The molecular formula is C16H25N3O. The summed E-state index contributed by atoms with van der Waals surface area (Å²) in [5.41, 5.74) is 6.89. The maximum atomic E-state index is 12.3. The van der Waals surface area contributed by atoms with Gasteiger partial charge in [0.25, 0.3) is 0 Å². The minimum Gasteiger partial charge on any atom is -0.328 e. The lowest BCUT2D eigenvalue weighted by Gasteiger charge is -2.34. The molecular weight excluding hydrogens is 250 g/mol. The summed E-state index contributed by atoms with van der Waals surface area (Å²) in [6, 6.07) is 10.0. The number of nitrogens with zero attached hydrogens (tertiary/aromatic N) is 2. The summed E-state index contributed by atoms with van der Waals surface area (Å²) in [5, 5.41) is 0. The van der Waals surface area contributed by atoms with Gasteiger partial charge in [0.2, 0.25) is 5.91 Å². The number of hydrogen-bond donors (Lipinski definition) is 1. The van der Waals surface area contributed by atoms with Crippen LogP contribution in [0.3, 0.4) is 0 Å². The molecule has 1 aliphatic heterocycles. The summed E-state index contributed by atoms with van der Waals surface area (Å²) in [4.78, 5) is 16.3. The van der Waals surface area contributed by atoms with E-state index in [0.717, 1.165) is 31.6 Å². The van der Waals surface area contributed by atoms with E-state index in [9.17, 15) is 4.79 Å². The Bertz CT molecular complexity index is 425. The number of carbonyl (C=O) groups excluding carboxylic acids is 1. The summed E-state index contributed by atoms with van der Waals surface area (Å²) >= 11 is 0. The molecule has 4 heteroatoms. The first-order valence-electron chi connectivity index (χ1n) is 7.37. The lowest BCUT2D eigenvalue weighted by Crippen LogP contribution is -2.44. The first kappa shape index (κ1) is 15.0. The van der Waals surface area contributed by atoms with Gasteiger partial charge in [0.15, 0.2) is 0 Å². The Morgan fingerprint density at radius 1 is 1.35 bits per heavy atom. The third-order valence-corrected chi connectivity index (χ3v) is 4.25. The largest absolute Gasteiger partial charge is 0.328 e. The van der Waals surface area contributed by atoms with Gasteiger partial charge in [-0.1, -0.05) is 18.2 Å². The van der Waals surface area contributed by atoms with Gasteiger partial charge in [0.1, 0.15) is 0 Å². The number of hydrogen-bond acceptors (Lipinski definition) is 3. The second-order valence-electron chi connectivity index (χ2n) is 5.76. The molecule has 0 aliphatic carbocycles. The lowest BCUT2D eigenvalue weighted by atomic mass is 9.91. The van der Waals surface area contributed by atoms with Crippen LogP contribution < -0.4 is 10.6 Å². The molecule has 1 unspecified atom stereocenters. The Hall–Kier alpha value is -1.39. The molecule has 1 heterocycles. The van der Waals surface area contributed by atoms with E-state index < -0.39 is 0 Å². The Balaban J connectivity index is 1.84. The number of benzene rings is 1. The second-order valence-corrected chi connectivity index (χ2v) is 5.76. The van der Waals surface area contributed by atoms with Crippen molar-refractivity contribution in [2.75, 3.05) is 31.6 Å². The van der Waals surface area contributed by atoms with E-state index in [4.69, 9.17) is 5.73 Å². The zero-order valence-electron chi connectivity index (χ0n) is 12.5. The fraction of sp³-hybridized carbons (Fsp3) is 0.562. The van der Waals surface area contributed by atoms with Crippen LogP contribution in [-0.4, -0.2) is 43.5 Å². The van der Waals surface area contributed by atoms with E-state index in [1.807, 2.05) is 37.4 Å². The van der Waals surface area contributed by atoms with Crippen molar-refractivity contribution in [3.05, 3.63) is 30.3 Å². The number of likely N-dealkylation sites (tertiary alicyclic amines) is 1. The Kier molecular flexibility index (Phi) is 5.15. The zero-order chi connectivity index (χ0) is 14.5. The molecule has 1 atom stereocenters. The minimum absolute atomic E-state index is 0.149. The fourth-order valence-corrected chi connectivity index (χ4v) is 2.73. The van der Waals surface area contributed by atoms with Gasteiger partial charge in [-0.2, -0.15) is 0 Å². The number of nitrogens with two attached hydrogens (primary N) is 1. The smallest absolute Gasteiger partial charge is 0.240 e. The van der Waals surface area contributed by atoms with E-state index in [-0.39, 0.29) is 11.9 Å². The summed E-state index contributed by atoms with van der Waals surface area (Å²) in [6.07, 6.45) is 2.19. The van der Waals surface area contributed by atoms with Crippen LogP contribution in [0, 0.1) is 5.92 Å². The van der Waals surface area contributed by atoms with Gasteiger partial charge in [-0.25, -0.2) is 0 Å². The molecule has 110 valence electrons. The maximum absolute atomic E-state index is 12.3. The average molecular weight is 275 g/mol. The molecule has 1 aliphatic rings. The standard InChI is InChI=1S/C16H25N3O/c1-13(17)14-8-10-19(11-9-14)12-16(20)18(2)15-6-4-3-5-7-15/h3-7,13-14H,8-12,17H2,1-2H3. The third kappa shape index (κ3) is 3.81. The van der Waals surface area contributed by atoms with E-state index in [1.54, 1.807) is 4.90 Å². The van der Waals surface area contributed by atoms with Crippen LogP contribution in [0.2, 0.25) is 0 Å². The van der Waals surface area contributed by atoms with Gasteiger partial charge in [0.05, 0.1) is 6.54 Å². The average Bonchev–Trinajstić information content (AvgIpc) is 2.48. The molecule has 0 bridgehead atoms. The molecule has 0 radical (unpaired) electrons. The van der Waals surface area contributed by atoms with Crippen LogP contribution in [0.4, 0.5) is 5.69 Å². The van der Waals surface area contributed by atoms with Crippen LogP contribution in [0.15, 0.2) is 30.3 Å². The summed E-state index contributed by atoms with van der Waals surface area (Å²) in [6.45, 7) is 4.52. The monoisotopic (exact) mass is 275 g/mol. The molecule has 0 aromatic heterocycles. The van der Waals surface area contributed by atoms with E-state index in [0.29, 0.717) is 12.5 Å². The topological polar surface area (TPSA) is 49.6 Å². The van der Waals surface area contributed by atoms with Gasteiger partial charge in [-0.15, -0.1) is 0 Å². The molecule has 4 nitrogen and oxygen atoms in total. The van der Waals surface area contributed by atoms with Crippen molar-refractivity contribution in [2.24, 2.45) is 11.7 Å².